The first-order valence-corrected chi connectivity index (χ1v) is 13.5. The van der Waals surface area contributed by atoms with E-state index >= 15 is 4.39 Å². The van der Waals surface area contributed by atoms with Crippen molar-refractivity contribution in [2.75, 3.05) is 26.7 Å². The molecule has 0 bridgehead atoms. The molecule has 1 aliphatic rings. The lowest BCUT2D eigenvalue weighted by Gasteiger charge is -2.38. The number of methoxy groups -OCH3 is 1. The minimum atomic E-state index is -1.12. The number of carboxylic acid groups (broad SMARTS) is 1. The lowest BCUT2D eigenvalue weighted by Crippen LogP contribution is -2.41. The van der Waals surface area contributed by atoms with Gasteiger partial charge in [-0.1, -0.05) is 29.8 Å². The van der Waals surface area contributed by atoms with E-state index in [0.29, 0.717) is 24.2 Å². The number of hydrogen-bond acceptors (Lipinski definition) is 4. The van der Waals surface area contributed by atoms with Gasteiger partial charge >= 0.3 is 5.97 Å². The fourth-order valence-electron chi connectivity index (χ4n) is 5.68. The maximum absolute atomic E-state index is 15.5. The summed E-state index contributed by atoms with van der Waals surface area (Å²) in [6.45, 7) is 4.84. The van der Waals surface area contributed by atoms with E-state index in [1.807, 2.05) is 18.2 Å². The number of benzene rings is 2. The van der Waals surface area contributed by atoms with Gasteiger partial charge in [-0.2, -0.15) is 0 Å². The van der Waals surface area contributed by atoms with Crippen molar-refractivity contribution in [2.24, 2.45) is 11.8 Å². The SMILES string of the molecule is COc1ccc2nccc([C@@H](F)CC[C@@H]3CCN(CCCCc4ccc(C)cc4)C[C@@H]3CC(=O)O)c2c1. The summed E-state index contributed by atoms with van der Waals surface area (Å²) in [4.78, 5) is 18.4. The Bertz CT molecular complexity index is 1170. The molecule has 6 heteroatoms. The van der Waals surface area contributed by atoms with E-state index in [1.165, 1.54) is 11.1 Å². The molecule has 2 heterocycles. The Morgan fingerprint density at radius 2 is 1.97 bits per heavy atom. The van der Waals surface area contributed by atoms with Crippen molar-refractivity contribution in [3.05, 3.63) is 71.4 Å². The third-order valence-electron chi connectivity index (χ3n) is 7.83. The number of rotatable bonds is 12. The van der Waals surface area contributed by atoms with Crippen LogP contribution in [0.5, 0.6) is 5.75 Å². The van der Waals surface area contributed by atoms with E-state index in [2.05, 4.69) is 41.1 Å². The molecule has 3 aromatic rings. The molecule has 37 heavy (non-hydrogen) atoms. The van der Waals surface area contributed by atoms with Gasteiger partial charge in [-0.05, 0) is 106 Å². The molecule has 4 rings (SSSR count). The number of halogens is 1. The number of alkyl halides is 1. The van der Waals surface area contributed by atoms with Crippen molar-refractivity contribution in [1.82, 2.24) is 9.88 Å². The summed E-state index contributed by atoms with van der Waals surface area (Å²) < 4.78 is 20.8. The highest BCUT2D eigenvalue weighted by Crippen LogP contribution is 2.36. The van der Waals surface area contributed by atoms with Gasteiger partial charge in [0.1, 0.15) is 11.9 Å². The van der Waals surface area contributed by atoms with Gasteiger partial charge in [0.25, 0.3) is 0 Å². The van der Waals surface area contributed by atoms with Crippen LogP contribution in [-0.4, -0.2) is 47.7 Å². The van der Waals surface area contributed by atoms with Crippen LogP contribution in [0.4, 0.5) is 4.39 Å². The minimum absolute atomic E-state index is 0.0600. The number of aromatic nitrogens is 1. The zero-order valence-corrected chi connectivity index (χ0v) is 22.0. The van der Waals surface area contributed by atoms with Crippen molar-refractivity contribution >= 4 is 16.9 Å². The highest BCUT2D eigenvalue weighted by Gasteiger charge is 2.31. The van der Waals surface area contributed by atoms with E-state index in [1.54, 1.807) is 19.4 Å². The molecular formula is C31H39FN2O3. The summed E-state index contributed by atoms with van der Waals surface area (Å²) in [6.07, 6.45) is 5.98. The first-order chi connectivity index (χ1) is 17.9. The molecule has 2 aromatic carbocycles. The summed E-state index contributed by atoms with van der Waals surface area (Å²) in [5, 5.41) is 10.3. The summed E-state index contributed by atoms with van der Waals surface area (Å²) >= 11 is 0. The maximum atomic E-state index is 15.5. The fraction of sp³-hybridized carbons (Fsp3) is 0.484. The summed E-state index contributed by atoms with van der Waals surface area (Å²) in [5.41, 5.74) is 4.03. The maximum Gasteiger partial charge on any atom is 0.303 e. The zero-order chi connectivity index (χ0) is 26.2. The molecule has 3 atom stereocenters. The summed E-state index contributed by atoms with van der Waals surface area (Å²) in [5.74, 6) is 0.201. The van der Waals surface area contributed by atoms with Crippen LogP contribution in [0, 0.1) is 18.8 Å². The molecule has 1 aliphatic heterocycles. The molecule has 1 saturated heterocycles. The number of unbranched alkanes of at least 4 members (excludes halogenated alkanes) is 1. The van der Waals surface area contributed by atoms with Crippen LogP contribution in [0.3, 0.4) is 0 Å². The molecule has 0 unspecified atom stereocenters. The van der Waals surface area contributed by atoms with Crippen LogP contribution in [0.25, 0.3) is 10.9 Å². The van der Waals surface area contributed by atoms with Gasteiger partial charge in [0.2, 0.25) is 0 Å². The first kappa shape index (κ1) is 27.1. The van der Waals surface area contributed by atoms with Crippen molar-refractivity contribution < 1.29 is 19.0 Å². The second kappa shape index (κ2) is 13.0. The molecule has 0 aliphatic carbocycles. The molecule has 0 saturated carbocycles. The smallest absolute Gasteiger partial charge is 0.303 e. The lowest BCUT2D eigenvalue weighted by molar-refractivity contribution is -0.139. The third-order valence-corrected chi connectivity index (χ3v) is 7.83. The number of likely N-dealkylation sites (tertiary alicyclic amines) is 1. The predicted molar refractivity (Wildman–Crippen MR) is 146 cm³/mol. The van der Waals surface area contributed by atoms with E-state index in [0.717, 1.165) is 56.2 Å². The average Bonchev–Trinajstić information content (AvgIpc) is 2.90. The van der Waals surface area contributed by atoms with Crippen molar-refractivity contribution in [2.45, 2.75) is 58.0 Å². The van der Waals surface area contributed by atoms with Gasteiger partial charge in [-0.25, -0.2) is 4.39 Å². The van der Waals surface area contributed by atoms with Crippen LogP contribution in [0.1, 0.15) is 61.4 Å². The van der Waals surface area contributed by atoms with Crippen LogP contribution in [0.15, 0.2) is 54.7 Å². The number of piperidine rings is 1. The van der Waals surface area contributed by atoms with E-state index < -0.39 is 12.1 Å². The molecule has 1 aromatic heterocycles. The number of aliphatic carboxylic acids is 1. The normalized spacial score (nSPS) is 19.1. The van der Waals surface area contributed by atoms with Crippen molar-refractivity contribution in [1.29, 1.82) is 0 Å². The molecule has 5 nitrogen and oxygen atoms in total. The Labute approximate surface area is 219 Å². The monoisotopic (exact) mass is 506 g/mol. The third kappa shape index (κ3) is 7.51. The van der Waals surface area contributed by atoms with Gasteiger partial charge in [0, 0.05) is 24.5 Å². The Hall–Kier alpha value is -2.99. The van der Waals surface area contributed by atoms with Crippen LogP contribution >= 0.6 is 0 Å². The van der Waals surface area contributed by atoms with Crippen LogP contribution < -0.4 is 4.74 Å². The summed E-state index contributed by atoms with van der Waals surface area (Å²) in [6, 6.07) is 16.0. The quantitative estimate of drug-likeness (QED) is 0.274. The van der Waals surface area contributed by atoms with Gasteiger partial charge in [0.05, 0.1) is 12.6 Å². The fourth-order valence-corrected chi connectivity index (χ4v) is 5.68. The Morgan fingerprint density at radius 3 is 2.73 bits per heavy atom. The predicted octanol–water partition coefficient (Wildman–Crippen LogP) is 6.78. The first-order valence-electron chi connectivity index (χ1n) is 13.5. The largest absolute Gasteiger partial charge is 0.497 e. The second-order valence-corrected chi connectivity index (χ2v) is 10.5. The van der Waals surface area contributed by atoms with E-state index in [4.69, 9.17) is 4.74 Å². The standard InChI is InChI=1S/C31H39FN2O3/c1-22-6-8-23(9-7-22)5-3-4-17-34-18-15-24(25(21-34)19-31(35)36)10-12-29(32)27-14-16-33-30-13-11-26(37-2)20-28(27)30/h6-9,11,13-14,16,20,24-25,29H,3-5,10,12,15,17-19,21H2,1-2H3,(H,35,36)/t24-,25+,29+/m1/s1. The molecule has 1 fully saturated rings. The van der Waals surface area contributed by atoms with Gasteiger partial charge < -0.3 is 14.7 Å². The number of nitrogens with zero attached hydrogens (tertiary/aromatic N) is 2. The highest BCUT2D eigenvalue weighted by atomic mass is 19.1. The van der Waals surface area contributed by atoms with Gasteiger partial charge in [-0.3, -0.25) is 9.78 Å². The average molecular weight is 507 g/mol. The van der Waals surface area contributed by atoms with E-state index in [-0.39, 0.29) is 18.3 Å². The molecule has 0 spiro atoms. The van der Waals surface area contributed by atoms with Gasteiger partial charge in [-0.15, -0.1) is 0 Å². The van der Waals surface area contributed by atoms with Crippen molar-refractivity contribution in [3.8, 4) is 5.75 Å². The van der Waals surface area contributed by atoms with Gasteiger partial charge in [0.15, 0.2) is 0 Å². The number of pyridine rings is 1. The lowest BCUT2D eigenvalue weighted by atomic mass is 9.79. The number of ether oxygens (including phenoxy) is 1. The van der Waals surface area contributed by atoms with Crippen molar-refractivity contribution in [3.63, 3.8) is 0 Å². The topological polar surface area (TPSA) is 62.7 Å². The Kier molecular flexibility index (Phi) is 9.51. The molecule has 0 amide bonds. The molecule has 198 valence electrons. The molecule has 1 N–H and O–H groups in total. The van der Waals surface area contributed by atoms with Crippen LogP contribution in [0.2, 0.25) is 0 Å². The number of carbonyl (C=O) groups is 1. The van der Waals surface area contributed by atoms with E-state index in [9.17, 15) is 9.90 Å². The highest BCUT2D eigenvalue weighted by molar-refractivity contribution is 5.83. The number of hydrogen-bond donors (Lipinski definition) is 1. The number of fused-ring (bicyclic) bond motifs is 1. The number of carboxylic acids is 1. The van der Waals surface area contributed by atoms with Crippen LogP contribution in [-0.2, 0) is 11.2 Å². The summed E-state index contributed by atoms with van der Waals surface area (Å²) in [7, 11) is 1.60. The molecule has 0 radical (unpaired) electrons. The zero-order valence-electron chi connectivity index (χ0n) is 22.0. The Morgan fingerprint density at radius 1 is 1.16 bits per heavy atom. The number of aryl methyl sites for hydroxylation is 2. The Balaban J connectivity index is 1.30. The minimum Gasteiger partial charge on any atom is -0.497 e. The molecular weight excluding hydrogens is 467 g/mol. The second-order valence-electron chi connectivity index (χ2n) is 10.5.